The van der Waals surface area contributed by atoms with Crippen molar-refractivity contribution >= 4 is 0 Å². The van der Waals surface area contributed by atoms with Crippen molar-refractivity contribution in [1.82, 2.24) is 0 Å². The van der Waals surface area contributed by atoms with Crippen molar-refractivity contribution in [2.24, 2.45) is 0 Å². The minimum atomic E-state index is 0.660. The predicted molar refractivity (Wildman–Crippen MR) is 45.0 cm³/mol. The molecule has 0 spiro atoms. The molecule has 1 radical (unpaired) electrons. The molecule has 0 saturated heterocycles. The highest BCUT2D eigenvalue weighted by atomic mass is 16.5. The highest BCUT2D eigenvalue weighted by Crippen LogP contribution is 1.98. The van der Waals surface area contributed by atoms with E-state index in [4.69, 9.17) is 4.74 Å². The van der Waals surface area contributed by atoms with E-state index in [0.29, 0.717) is 6.61 Å². The second kappa shape index (κ2) is 4.56. The minimum Gasteiger partial charge on any atom is -0.490 e. The van der Waals surface area contributed by atoms with E-state index < -0.39 is 0 Å². The molecular weight excluding hydrogens is 136 g/mol. The summed E-state index contributed by atoms with van der Waals surface area (Å²) < 4.78 is 4.88. The quantitative estimate of drug-likeness (QED) is 0.468. The topological polar surface area (TPSA) is 9.23 Å². The summed E-state index contributed by atoms with van der Waals surface area (Å²) in [4.78, 5) is 0. The molecule has 0 atom stereocenters. The Morgan fingerprint density at radius 1 is 1.27 bits per heavy atom. The molecule has 0 aromatic heterocycles. The van der Waals surface area contributed by atoms with Gasteiger partial charge in [-0.15, -0.1) is 0 Å². The van der Waals surface area contributed by atoms with Gasteiger partial charge < -0.3 is 4.74 Å². The van der Waals surface area contributed by atoms with Gasteiger partial charge in [-0.2, -0.15) is 0 Å². The number of ether oxygens (including phenoxy) is 1. The smallest absolute Gasteiger partial charge is 0.153 e. The molecule has 0 amide bonds. The van der Waals surface area contributed by atoms with Crippen LogP contribution in [0.1, 0.15) is 5.56 Å². The molecule has 0 aliphatic carbocycles. The summed E-state index contributed by atoms with van der Waals surface area (Å²) in [5.74, 6) is 0. The van der Waals surface area contributed by atoms with Gasteiger partial charge in [0.05, 0.1) is 6.61 Å². The molecule has 0 aliphatic heterocycles. The van der Waals surface area contributed by atoms with Crippen LogP contribution >= 0.6 is 0 Å². The van der Waals surface area contributed by atoms with Crippen LogP contribution in [0.25, 0.3) is 0 Å². The molecule has 0 heterocycles. The molecule has 1 nitrogen and oxygen atoms in total. The van der Waals surface area contributed by atoms with E-state index in [2.05, 4.69) is 25.0 Å². The van der Waals surface area contributed by atoms with Crippen molar-refractivity contribution in [2.75, 3.05) is 6.61 Å². The van der Waals surface area contributed by atoms with E-state index in [-0.39, 0.29) is 0 Å². The van der Waals surface area contributed by atoms with E-state index in [0.717, 1.165) is 6.42 Å². The Hall–Kier alpha value is -1.24. The van der Waals surface area contributed by atoms with E-state index in [1.54, 1.807) is 0 Å². The summed E-state index contributed by atoms with van der Waals surface area (Å²) >= 11 is 0. The van der Waals surface area contributed by atoms with Crippen molar-refractivity contribution < 1.29 is 4.74 Å². The Bertz CT molecular complexity index is 203. The first kappa shape index (κ1) is 7.86. The fourth-order valence-corrected chi connectivity index (χ4v) is 0.886. The monoisotopic (exact) mass is 147 g/mol. The maximum Gasteiger partial charge on any atom is 0.153 e. The van der Waals surface area contributed by atoms with E-state index in [1.165, 1.54) is 5.56 Å². The van der Waals surface area contributed by atoms with Crippen LogP contribution in [-0.4, -0.2) is 6.61 Å². The maximum atomic E-state index is 4.88. The SMILES string of the molecule is C=[C]OCCc1ccccc1. The Kier molecular flexibility index (Phi) is 3.26. The van der Waals surface area contributed by atoms with E-state index in [1.807, 2.05) is 18.2 Å². The van der Waals surface area contributed by atoms with Crippen LogP contribution in [0.3, 0.4) is 0 Å². The second-order valence-electron chi connectivity index (χ2n) is 2.23. The normalized spacial score (nSPS) is 9.09. The van der Waals surface area contributed by atoms with Gasteiger partial charge in [0, 0.05) is 6.42 Å². The molecule has 0 aliphatic rings. The Balaban J connectivity index is 2.33. The molecule has 0 saturated carbocycles. The number of benzene rings is 1. The molecule has 0 bridgehead atoms. The standard InChI is InChI=1S/C10H11O/c1-2-11-9-8-10-6-4-3-5-7-10/h3-7H,1,8-9H2. The van der Waals surface area contributed by atoms with Crippen molar-refractivity contribution in [1.29, 1.82) is 0 Å². The molecule has 57 valence electrons. The first-order valence-electron chi connectivity index (χ1n) is 3.61. The zero-order chi connectivity index (χ0) is 7.94. The van der Waals surface area contributed by atoms with Gasteiger partial charge in [-0.3, -0.25) is 0 Å². The summed E-state index contributed by atoms with van der Waals surface area (Å²) in [6.45, 7) is 4.00. The lowest BCUT2D eigenvalue weighted by Gasteiger charge is -1.98. The molecule has 0 N–H and O–H groups in total. The molecule has 0 unspecified atom stereocenters. The van der Waals surface area contributed by atoms with Gasteiger partial charge in [0.2, 0.25) is 0 Å². The van der Waals surface area contributed by atoms with Crippen molar-refractivity contribution in [2.45, 2.75) is 6.42 Å². The fraction of sp³-hybridized carbons (Fsp3) is 0.200. The van der Waals surface area contributed by atoms with Gasteiger partial charge in [-0.1, -0.05) is 36.9 Å². The average Bonchev–Trinajstić information content (AvgIpc) is 2.07. The zero-order valence-corrected chi connectivity index (χ0v) is 6.42. The summed E-state index contributed by atoms with van der Waals surface area (Å²) in [6.07, 6.45) is 3.31. The van der Waals surface area contributed by atoms with E-state index >= 15 is 0 Å². The highest BCUT2D eigenvalue weighted by molar-refractivity contribution is 5.14. The Labute approximate surface area is 67.3 Å². The molecule has 11 heavy (non-hydrogen) atoms. The molecule has 1 aromatic rings. The number of hydrogen-bond donors (Lipinski definition) is 0. The summed E-state index contributed by atoms with van der Waals surface area (Å²) in [5, 5.41) is 0. The third kappa shape index (κ3) is 2.89. The predicted octanol–water partition coefficient (Wildman–Crippen LogP) is 2.19. The molecule has 1 aromatic carbocycles. The van der Waals surface area contributed by atoms with Crippen LogP contribution in [0.15, 0.2) is 36.9 Å². The highest BCUT2D eigenvalue weighted by Gasteiger charge is 1.88. The molecule has 0 fully saturated rings. The van der Waals surface area contributed by atoms with Gasteiger partial charge in [0.25, 0.3) is 0 Å². The summed E-state index contributed by atoms with van der Waals surface area (Å²) in [7, 11) is 0. The van der Waals surface area contributed by atoms with Gasteiger partial charge in [-0.25, -0.2) is 0 Å². The zero-order valence-electron chi connectivity index (χ0n) is 6.42. The fourth-order valence-electron chi connectivity index (χ4n) is 0.886. The van der Waals surface area contributed by atoms with Crippen molar-refractivity contribution in [3.05, 3.63) is 48.7 Å². The van der Waals surface area contributed by atoms with Crippen LogP contribution < -0.4 is 0 Å². The second-order valence-corrected chi connectivity index (χ2v) is 2.23. The lowest BCUT2D eigenvalue weighted by Crippen LogP contribution is -1.92. The van der Waals surface area contributed by atoms with Crippen molar-refractivity contribution in [3.63, 3.8) is 0 Å². The maximum absolute atomic E-state index is 4.88. The first-order valence-corrected chi connectivity index (χ1v) is 3.61. The molecule has 1 rings (SSSR count). The average molecular weight is 147 g/mol. The molecular formula is C10H11O. The minimum absolute atomic E-state index is 0.660. The van der Waals surface area contributed by atoms with Crippen LogP contribution in [0.4, 0.5) is 0 Å². The van der Waals surface area contributed by atoms with E-state index in [9.17, 15) is 0 Å². The van der Waals surface area contributed by atoms with Gasteiger partial charge in [0.15, 0.2) is 6.26 Å². The van der Waals surface area contributed by atoms with Crippen molar-refractivity contribution in [3.8, 4) is 0 Å². The van der Waals surface area contributed by atoms with Gasteiger partial charge in [-0.05, 0) is 5.56 Å². The van der Waals surface area contributed by atoms with Gasteiger partial charge in [0.1, 0.15) is 0 Å². The third-order valence-electron chi connectivity index (χ3n) is 1.44. The summed E-state index contributed by atoms with van der Waals surface area (Å²) in [5.41, 5.74) is 1.28. The van der Waals surface area contributed by atoms with Crippen LogP contribution in [-0.2, 0) is 11.2 Å². The van der Waals surface area contributed by atoms with Gasteiger partial charge >= 0.3 is 0 Å². The van der Waals surface area contributed by atoms with Crippen LogP contribution in [0, 0.1) is 6.26 Å². The Morgan fingerprint density at radius 2 is 2.00 bits per heavy atom. The lowest BCUT2D eigenvalue weighted by atomic mass is 10.2. The van der Waals surface area contributed by atoms with Crippen LogP contribution in [0.5, 0.6) is 0 Å². The lowest BCUT2D eigenvalue weighted by molar-refractivity contribution is 0.234. The molecule has 1 heteroatoms. The number of hydrogen-bond acceptors (Lipinski definition) is 1. The summed E-state index contributed by atoms with van der Waals surface area (Å²) in [6, 6.07) is 10.2. The van der Waals surface area contributed by atoms with Crippen LogP contribution in [0.2, 0.25) is 0 Å². The largest absolute Gasteiger partial charge is 0.490 e. The Morgan fingerprint density at radius 3 is 2.64 bits per heavy atom. The first-order chi connectivity index (χ1) is 5.43. The third-order valence-corrected chi connectivity index (χ3v) is 1.44. The number of rotatable bonds is 4.